The van der Waals surface area contributed by atoms with Gasteiger partial charge in [-0.25, -0.2) is 0 Å². The van der Waals surface area contributed by atoms with E-state index in [9.17, 15) is 14.7 Å². The van der Waals surface area contributed by atoms with Gasteiger partial charge in [-0.3, -0.25) is 14.3 Å². The van der Waals surface area contributed by atoms with Crippen LogP contribution in [0.4, 0.5) is 0 Å². The van der Waals surface area contributed by atoms with Gasteiger partial charge in [0.15, 0.2) is 0 Å². The molecule has 2 heterocycles. The van der Waals surface area contributed by atoms with Crippen molar-refractivity contribution in [1.82, 2.24) is 14.7 Å². The lowest BCUT2D eigenvalue weighted by molar-refractivity contribution is -0.137. The summed E-state index contributed by atoms with van der Waals surface area (Å²) in [6.45, 7) is 6.00. The Bertz CT molecular complexity index is 1030. The lowest BCUT2D eigenvalue weighted by Gasteiger charge is -2.20. The molecule has 7 nitrogen and oxygen atoms in total. The standard InChI is InChI=1S/C25H33N3O4/c1-3-21-19(22(4-2)28(26-21)13-10-23(29)30)14-16-15-20(25(32)27-11-5-6-12-27)24(31)18-9-7-8-17(16)18/h15,31H,3-14H2,1-2H3,(H,29,30). The second-order valence-corrected chi connectivity index (χ2v) is 8.86. The van der Waals surface area contributed by atoms with Crippen LogP contribution in [0.15, 0.2) is 6.07 Å². The minimum Gasteiger partial charge on any atom is -0.507 e. The summed E-state index contributed by atoms with van der Waals surface area (Å²) >= 11 is 0. The number of likely N-dealkylation sites (tertiary alicyclic amines) is 1. The van der Waals surface area contributed by atoms with Crippen molar-refractivity contribution in [2.75, 3.05) is 13.1 Å². The van der Waals surface area contributed by atoms with Gasteiger partial charge in [0.1, 0.15) is 5.75 Å². The highest BCUT2D eigenvalue weighted by molar-refractivity contribution is 5.98. The fourth-order valence-corrected chi connectivity index (χ4v) is 5.31. The van der Waals surface area contributed by atoms with Crippen molar-refractivity contribution in [2.24, 2.45) is 0 Å². The minimum absolute atomic E-state index is 0.0420. The average Bonchev–Trinajstić information content (AvgIpc) is 3.53. The van der Waals surface area contributed by atoms with Crippen LogP contribution in [0.25, 0.3) is 0 Å². The zero-order valence-electron chi connectivity index (χ0n) is 19.1. The quantitative estimate of drug-likeness (QED) is 0.656. The maximum Gasteiger partial charge on any atom is 0.305 e. The number of amides is 1. The van der Waals surface area contributed by atoms with Gasteiger partial charge in [-0.15, -0.1) is 0 Å². The predicted molar refractivity (Wildman–Crippen MR) is 121 cm³/mol. The summed E-state index contributed by atoms with van der Waals surface area (Å²) < 4.78 is 1.85. The fraction of sp³-hybridized carbons (Fsp3) is 0.560. The molecule has 0 unspecified atom stereocenters. The predicted octanol–water partition coefficient (Wildman–Crippen LogP) is 3.50. The first kappa shape index (κ1) is 22.4. The van der Waals surface area contributed by atoms with Crippen molar-refractivity contribution in [2.45, 2.75) is 78.2 Å². The summed E-state index contributed by atoms with van der Waals surface area (Å²) in [5, 5.41) is 24.8. The highest BCUT2D eigenvalue weighted by Crippen LogP contribution is 2.38. The van der Waals surface area contributed by atoms with Gasteiger partial charge in [0, 0.05) is 30.8 Å². The molecule has 1 aliphatic heterocycles. The van der Waals surface area contributed by atoms with E-state index in [2.05, 4.69) is 13.8 Å². The van der Waals surface area contributed by atoms with E-state index in [0.29, 0.717) is 18.5 Å². The monoisotopic (exact) mass is 439 g/mol. The van der Waals surface area contributed by atoms with Crippen molar-refractivity contribution in [1.29, 1.82) is 0 Å². The number of phenolic OH excluding ortho intramolecular Hbond substituents is 1. The first-order valence-electron chi connectivity index (χ1n) is 11.9. The number of carbonyl (C=O) groups is 2. The number of hydrogen-bond acceptors (Lipinski definition) is 4. The van der Waals surface area contributed by atoms with Crippen molar-refractivity contribution in [3.8, 4) is 5.75 Å². The smallest absolute Gasteiger partial charge is 0.305 e. The van der Waals surface area contributed by atoms with Gasteiger partial charge in [-0.2, -0.15) is 5.10 Å². The van der Waals surface area contributed by atoms with Crippen molar-refractivity contribution in [3.05, 3.63) is 45.3 Å². The average molecular weight is 440 g/mol. The molecule has 1 fully saturated rings. The van der Waals surface area contributed by atoms with Crippen LogP contribution < -0.4 is 0 Å². The largest absolute Gasteiger partial charge is 0.507 e. The van der Waals surface area contributed by atoms with Gasteiger partial charge >= 0.3 is 5.97 Å². The minimum atomic E-state index is -0.830. The molecule has 172 valence electrons. The number of fused-ring (bicyclic) bond motifs is 1. The molecular weight excluding hydrogens is 406 g/mol. The number of rotatable bonds is 8. The molecule has 1 aromatic carbocycles. The molecule has 1 saturated heterocycles. The molecule has 32 heavy (non-hydrogen) atoms. The van der Waals surface area contributed by atoms with E-state index in [1.165, 1.54) is 5.56 Å². The van der Waals surface area contributed by atoms with E-state index in [4.69, 9.17) is 10.2 Å². The summed E-state index contributed by atoms with van der Waals surface area (Å²) in [6, 6.07) is 1.91. The van der Waals surface area contributed by atoms with Gasteiger partial charge in [0.25, 0.3) is 5.91 Å². The van der Waals surface area contributed by atoms with Gasteiger partial charge in [-0.05, 0) is 67.7 Å². The van der Waals surface area contributed by atoms with Gasteiger partial charge < -0.3 is 15.1 Å². The number of carboxylic acid groups (broad SMARTS) is 1. The summed E-state index contributed by atoms with van der Waals surface area (Å²) in [5.41, 5.74) is 6.81. The first-order valence-corrected chi connectivity index (χ1v) is 11.9. The number of carbonyl (C=O) groups excluding carboxylic acids is 1. The zero-order valence-corrected chi connectivity index (χ0v) is 19.1. The van der Waals surface area contributed by atoms with Crippen LogP contribution in [0.1, 0.15) is 83.5 Å². The van der Waals surface area contributed by atoms with Crippen LogP contribution in [0.2, 0.25) is 0 Å². The second-order valence-electron chi connectivity index (χ2n) is 8.86. The van der Waals surface area contributed by atoms with Gasteiger partial charge in [-0.1, -0.05) is 13.8 Å². The Hall–Kier alpha value is -2.83. The fourth-order valence-electron chi connectivity index (χ4n) is 5.31. The topological polar surface area (TPSA) is 95.7 Å². The SMILES string of the molecule is CCc1nn(CCC(=O)O)c(CC)c1Cc1cc(C(=O)N2CCCC2)c(O)c2c1CCC2. The second kappa shape index (κ2) is 9.35. The molecule has 2 N–H and O–H groups in total. The van der Waals surface area contributed by atoms with Crippen molar-refractivity contribution >= 4 is 11.9 Å². The Morgan fingerprint density at radius 1 is 1.06 bits per heavy atom. The van der Waals surface area contributed by atoms with Crippen molar-refractivity contribution in [3.63, 3.8) is 0 Å². The summed E-state index contributed by atoms with van der Waals surface area (Å²) in [4.78, 5) is 26.1. The van der Waals surface area contributed by atoms with Crippen LogP contribution in [0.5, 0.6) is 5.75 Å². The molecule has 1 aliphatic carbocycles. The Morgan fingerprint density at radius 2 is 1.78 bits per heavy atom. The summed E-state index contributed by atoms with van der Waals surface area (Å²) in [5.74, 6) is -0.732. The zero-order chi connectivity index (χ0) is 22.8. The van der Waals surface area contributed by atoms with E-state index < -0.39 is 5.97 Å². The highest BCUT2D eigenvalue weighted by atomic mass is 16.4. The van der Waals surface area contributed by atoms with E-state index >= 15 is 0 Å². The molecule has 7 heteroatoms. The third-order valence-electron chi connectivity index (χ3n) is 6.91. The summed E-state index contributed by atoms with van der Waals surface area (Å²) in [6.07, 6.45) is 6.95. The number of hydrogen-bond donors (Lipinski definition) is 2. The lowest BCUT2D eigenvalue weighted by Crippen LogP contribution is -2.28. The molecule has 0 bridgehead atoms. The van der Waals surface area contributed by atoms with Crippen LogP contribution in [0, 0.1) is 0 Å². The van der Waals surface area contributed by atoms with Gasteiger partial charge in [0.05, 0.1) is 24.2 Å². The van der Waals surface area contributed by atoms with Crippen molar-refractivity contribution < 1.29 is 19.8 Å². The molecule has 1 amide bonds. The number of aryl methyl sites for hydroxylation is 2. The molecule has 2 aliphatic rings. The number of phenols is 1. The van der Waals surface area contributed by atoms with E-state index in [1.807, 2.05) is 15.6 Å². The molecular formula is C25H33N3O4. The number of carboxylic acids is 1. The van der Waals surface area contributed by atoms with Crippen LogP contribution in [-0.2, 0) is 43.4 Å². The Balaban J connectivity index is 1.74. The molecule has 0 spiro atoms. The number of nitrogens with zero attached hydrogens (tertiary/aromatic N) is 3. The Labute approximate surface area is 189 Å². The number of aromatic hydroxyl groups is 1. The molecule has 1 aromatic heterocycles. The first-order chi connectivity index (χ1) is 15.4. The Morgan fingerprint density at radius 3 is 2.44 bits per heavy atom. The molecule has 0 atom stereocenters. The third kappa shape index (κ3) is 4.12. The summed E-state index contributed by atoms with van der Waals surface area (Å²) in [7, 11) is 0. The van der Waals surface area contributed by atoms with E-state index in [-0.39, 0.29) is 18.1 Å². The molecule has 2 aromatic rings. The number of aliphatic carboxylic acids is 1. The number of aromatic nitrogens is 2. The normalized spacial score (nSPS) is 15.4. The molecule has 4 rings (SSSR count). The van der Waals surface area contributed by atoms with E-state index in [1.54, 1.807) is 0 Å². The Kier molecular flexibility index (Phi) is 6.53. The van der Waals surface area contributed by atoms with Crippen LogP contribution in [0.3, 0.4) is 0 Å². The molecule has 0 radical (unpaired) electrons. The number of benzene rings is 1. The molecule has 0 saturated carbocycles. The lowest BCUT2D eigenvalue weighted by atomic mass is 9.91. The van der Waals surface area contributed by atoms with Crippen LogP contribution in [-0.4, -0.2) is 49.9 Å². The maximum absolute atomic E-state index is 13.2. The van der Waals surface area contributed by atoms with E-state index in [0.717, 1.165) is 86.1 Å². The van der Waals surface area contributed by atoms with Gasteiger partial charge in [0.2, 0.25) is 0 Å². The van der Waals surface area contributed by atoms with Crippen LogP contribution >= 0.6 is 0 Å². The third-order valence-corrected chi connectivity index (χ3v) is 6.91. The highest BCUT2D eigenvalue weighted by Gasteiger charge is 2.29. The maximum atomic E-state index is 13.2.